The minimum atomic E-state index is -0.837. The molecule has 0 aromatic heterocycles. The van der Waals surface area contributed by atoms with E-state index in [2.05, 4.69) is 19.2 Å². The highest BCUT2D eigenvalue weighted by Gasteiger charge is 2.22. The Hall–Kier alpha value is -0.150. The van der Waals surface area contributed by atoms with Gasteiger partial charge in [-0.2, -0.15) is 0 Å². The van der Waals surface area contributed by atoms with Crippen LogP contribution in [0.2, 0.25) is 0 Å². The SMILES string of the molecule is CC(F)CO[C@H]1CC[C@@H](NC(C)C)CC1. The number of rotatable bonds is 5. The van der Waals surface area contributed by atoms with E-state index in [1.54, 1.807) is 6.92 Å². The van der Waals surface area contributed by atoms with E-state index in [9.17, 15) is 4.39 Å². The lowest BCUT2D eigenvalue weighted by molar-refractivity contribution is -0.00158. The summed E-state index contributed by atoms with van der Waals surface area (Å²) in [6.07, 6.45) is 3.89. The van der Waals surface area contributed by atoms with Crippen molar-refractivity contribution < 1.29 is 9.13 Å². The lowest BCUT2D eigenvalue weighted by atomic mass is 9.92. The molecular formula is C12H24FNO. The molecule has 0 radical (unpaired) electrons. The van der Waals surface area contributed by atoms with Gasteiger partial charge in [0.05, 0.1) is 12.7 Å². The summed E-state index contributed by atoms with van der Waals surface area (Å²) in [7, 11) is 0. The summed E-state index contributed by atoms with van der Waals surface area (Å²) in [6, 6.07) is 1.19. The van der Waals surface area contributed by atoms with Crippen LogP contribution in [0.4, 0.5) is 4.39 Å². The van der Waals surface area contributed by atoms with Crippen LogP contribution in [-0.2, 0) is 4.74 Å². The van der Waals surface area contributed by atoms with Gasteiger partial charge in [-0.3, -0.25) is 0 Å². The summed E-state index contributed by atoms with van der Waals surface area (Å²) in [5.41, 5.74) is 0. The summed E-state index contributed by atoms with van der Waals surface area (Å²) in [6.45, 7) is 6.15. The van der Waals surface area contributed by atoms with Crippen LogP contribution in [0.5, 0.6) is 0 Å². The predicted octanol–water partition coefficient (Wildman–Crippen LogP) is 2.67. The molecule has 1 unspecified atom stereocenters. The molecule has 1 aliphatic rings. The maximum atomic E-state index is 12.6. The molecule has 2 nitrogen and oxygen atoms in total. The zero-order valence-corrected chi connectivity index (χ0v) is 10.1. The van der Waals surface area contributed by atoms with Crippen molar-refractivity contribution in [2.45, 2.75) is 70.8 Å². The van der Waals surface area contributed by atoms with E-state index >= 15 is 0 Å². The largest absolute Gasteiger partial charge is 0.375 e. The molecule has 1 rings (SSSR count). The van der Waals surface area contributed by atoms with Gasteiger partial charge in [0.25, 0.3) is 0 Å². The van der Waals surface area contributed by atoms with E-state index in [1.807, 2.05) is 0 Å². The second kappa shape index (κ2) is 6.44. The molecule has 0 saturated heterocycles. The standard InChI is InChI=1S/C12H24FNO/c1-9(2)14-11-4-6-12(7-5-11)15-8-10(3)13/h9-12,14H,4-8H2,1-3H3/t10?,11-,12+. The smallest absolute Gasteiger partial charge is 0.121 e. The molecule has 0 aromatic rings. The number of ether oxygens (including phenoxy) is 1. The fraction of sp³-hybridized carbons (Fsp3) is 1.00. The molecule has 0 aliphatic heterocycles. The van der Waals surface area contributed by atoms with Crippen LogP contribution in [0.15, 0.2) is 0 Å². The van der Waals surface area contributed by atoms with Gasteiger partial charge >= 0.3 is 0 Å². The molecule has 15 heavy (non-hydrogen) atoms. The molecule has 0 bridgehead atoms. The Balaban J connectivity index is 2.12. The third kappa shape index (κ3) is 5.47. The van der Waals surface area contributed by atoms with E-state index in [1.165, 1.54) is 0 Å². The van der Waals surface area contributed by atoms with E-state index in [0.29, 0.717) is 12.1 Å². The normalized spacial score (nSPS) is 29.4. The van der Waals surface area contributed by atoms with Crippen LogP contribution in [0.1, 0.15) is 46.5 Å². The predicted molar refractivity (Wildman–Crippen MR) is 60.8 cm³/mol. The van der Waals surface area contributed by atoms with Crippen molar-refractivity contribution >= 4 is 0 Å². The van der Waals surface area contributed by atoms with E-state index in [-0.39, 0.29) is 12.7 Å². The topological polar surface area (TPSA) is 21.3 Å². The van der Waals surface area contributed by atoms with Crippen molar-refractivity contribution in [2.24, 2.45) is 0 Å². The molecule has 3 heteroatoms. The Morgan fingerprint density at radius 3 is 2.27 bits per heavy atom. The van der Waals surface area contributed by atoms with Crippen LogP contribution in [0.3, 0.4) is 0 Å². The Morgan fingerprint density at radius 1 is 1.20 bits per heavy atom. The van der Waals surface area contributed by atoms with Gasteiger partial charge in [-0.15, -0.1) is 0 Å². The lowest BCUT2D eigenvalue weighted by Gasteiger charge is -2.30. The van der Waals surface area contributed by atoms with Gasteiger partial charge in [0, 0.05) is 12.1 Å². The maximum Gasteiger partial charge on any atom is 0.121 e. The number of nitrogens with one attached hydrogen (secondary N) is 1. The second-order valence-electron chi connectivity index (χ2n) is 4.91. The molecular weight excluding hydrogens is 193 g/mol. The van der Waals surface area contributed by atoms with Gasteiger partial charge in [0.2, 0.25) is 0 Å². The highest BCUT2D eigenvalue weighted by molar-refractivity contribution is 4.78. The van der Waals surface area contributed by atoms with Crippen LogP contribution >= 0.6 is 0 Å². The summed E-state index contributed by atoms with van der Waals surface area (Å²) in [4.78, 5) is 0. The fourth-order valence-corrected chi connectivity index (χ4v) is 2.14. The van der Waals surface area contributed by atoms with Crippen LogP contribution in [0.25, 0.3) is 0 Å². The Kier molecular flexibility index (Phi) is 5.54. The van der Waals surface area contributed by atoms with Crippen LogP contribution in [0, 0.1) is 0 Å². The third-order valence-corrected chi connectivity index (χ3v) is 2.80. The van der Waals surface area contributed by atoms with Crippen LogP contribution < -0.4 is 5.32 Å². The Labute approximate surface area is 92.6 Å². The number of hydrogen-bond acceptors (Lipinski definition) is 2. The minimum Gasteiger partial charge on any atom is -0.375 e. The van der Waals surface area contributed by atoms with Crippen molar-refractivity contribution in [2.75, 3.05) is 6.61 Å². The van der Waals surface area contributed by atoms with Crippen molar-refractivity contribution in [3.63, 3.8) is 0 Å². The third-order valence-electron chi connectivity index (χ3n) is 2.80. The molecule has 0 aromatic carbocycles. The maximum absolute atomic E-state index is 12.6. The van der Waals surface area contributed by atoms with Gasteiger partial charge < -0.3 is 10.1 Å². The molecule has 1 saturated carbocycles. The summed E-state index contributed by atoms with van der Waals surface area (Å²) in [5, 5.41) is 3.54. The van der Waals surface area contributed by atoms with Gasteiger partial charge in [0.15, 0.2) is 0 Å². The lowest BCUT2D eigenvalue weighted by Crippen LogP contribution is -2.39. The van der Waals surface area contributed by atoms with Gasteiger partial charge in [-0.25, -0.2) is 4.39 Å². The van der Waals surface area contributed by atoms with Crippen molar-refractivity contribution in [1.82, 2.24) is 5.32 Å². The first kappa shape index (κ1) is 12.9. The number of hydrogen-bond donors (Lipinski definition) is 1. The van der Waals surface area contributed by atoms with Crippen molar-refractivity contribution in [3.8, 4) is 0 Å². The second-order valence-corrected chi connectivity index (χ2v) is 4.91. The average molecular weight is 217 g/mol. The van der Waals surface area contributed by atoms with Crippen molar-refractivity contribution in [1.29, 1.82) is 0 Å². The zero-order chi connectivity index (χ0) is 11.3. The Morgan fingerprint density at radius 2 is 1.80 bits per heavy atom. The summed E-state index contributed by atoms with van der Waals surface area (Å²) < 4.78 is 18.1. The number of alkyl halides is 1. The zero-order valence-electron chi connectivity index (χ0n) is 10.1. The summed E-state index contributed by atoms with van der Waals surface area (Å²) in [5.74, 6) is 0. The first-order valence-corrected chi connectivity index (χ1v) is 6.09. The molecule has 0 amide bonds. The Bertz CT molecular complexity index is 165. The molecule has 0 heterocycles. The molecule has 0 spiro atoms. The van der Waals surface area contributed by atoms with Gasteiger partial charge in [0.1, 0.15) is 6.17 Å². The average Bonchev–Trinajstić information content (AvgIpc) is 2.16. The van der Waals surface area contributed by atoms with E-state index in [4.69, 9.17) is 4.74 Å². The van der Waals surface area contributed by atoms with Crippen molar-refractivity contribution in [3.05, 3.63) is 0 Å². The molecule has 1 N–H and O–H groups in total. The minimum absolute atomic E-state index is 0.257. The van der Waals surface area contributed by atoms with E-state index in [0.717, 1.165) is 25.7 Å². The molecule has 1 aliphatic carbocycles. The molecule has 90 valence electrons. The molecule has 1 fully saturated rings. The quantitative estimate of drug-likeness (QED) is 0.764. The monoisotopic (exact) mass is 217 g/mol. The fourth-order valence-electron chi connectivity index (χ4n) is 2.14. The highest BCUT2D eigenvalue weighted by atomic mass is 19.1. The first-order valence-electron chi connectivity index (χ1n) is 6.09. The summed E-state index contributed by atoms with van der Waals surface area (Å²) >= 11 is 0. The first-order chi connectivity index (χ1) is 7.08. The van der Waals surface area contributed by atoms with Gasteiger partial charge in [-0.1, -0.05) is 13.8 Å². The van der Waals surface area contributed by atoms with Gasteiger partial charge in [-0.05, 0) is 32.6 Å². The van der Waals surface area contributed by atoms with Crippen LogP contribution in [-0.4, -0.2) is 31.0 Å². The molecule has 1 atom stereocenters. The van der Waals surface area contributed by atoms with E-state index < -0.39 is 6.17 Å². The highest BCUT2D eigenvalue weighted by Crippen LogP contribution is 2.21. The number of halogens is 1.